The molecule has 0 fully saturated rings. The molecule has 3 aromatic carbocycles. The van der Waals surface area contributed by atoms with E-state index in [0.717, 1.165) is 5.56 Å². The summed E-state index contributed by atoms with van der Waals surface area (Å²) in [6.45, 7) is 1.64. The van der Waals surface area contributed by atoms with E-state index in [4.69, 9.17) is 32.7 Å². The minimum absolute atomic E-state index is 0.231. The Morgan fingerprint density at radius 1 is 0.919 bits per heavy atom. The lowest BCUT2D eigenvalue weighted by Gasteiger charge is -2.12. The number of hydrogen-bond donors (Lipinski definition) is 3. The van der Waals surface area contributed by atoms with Crippen molar-refractivity contribution in [2.75, 3.05) is 24.4 Å². The first-order valence-corrected chi connectivity index (χ1v) is 11.8. The molecule has 0 radical (unpaired) electrons. The summed E-state index contributed by atoms with van der Waals surface area (Å²) in [4.78, 5) is 36.5. The highest BCUT2D eigenvalue weighted by atomic mass is 35.5. The lowest BCUT2D eigenvalue weighted by Crippen LogP contribution is -2.32. The molecule has 0 aliphatic carbocycles. The Morgan fingerprint density at radius 2 is 1.68 bits per heavy atom. The van der Waals surface area contributed by atoms with Gasteiger partial charge in [0.05, 0.1) is 29.1 Å². The fourth-order valence-corrected chi connectivity index (χ4v) is 3.51. The minimum atomic E-state index is -0.917. The topological polar surface area (TPSA) is 118 Å². The number of aryl methyl sites for hydroxylation is 1. The number of anilines is 2. The van der Waals surface area contributed by atoms with Crippen molar-refractivity contribution >= 4 is 58.5 Å². The number of halogens is 2. The molecule has 0 aliphatic heterocycles. The summed E-state index contributed by atoms with van der Waals surface area (Å²) in [7, 11) is 1.44. The van der Waals surface area contributed by atoms with E-state index < -0.39 is 17.7 Å². The van der Waals surface area contributed by atoms with E-state index in [0.29, 0.717) is 39.9 Å². The van der Waals surface area contributed by atoms with Gasteiger partial charge in [-0.3, -0.25) is 14.4 Å². The summed E-state index contributed by atoms with van der Waals surface area (Å²) < 4.78 is 10.9. The molecule has 3 N–H and O–H groups in total. The number of rotatable bonds is 9. The lowest BCUT2D eigenvalue weighted by atomic mass is 10.1. The van der Waals surface area contributed by atoms with E-state index in [9.17, 15) is 14.4 Å². The smallest absolute Gasteiger partial charge is 0.329 e. The van der Waals surface area contributed by atoms with Crippen molar-refractivity contribution in [2.24, 2.45) is 5.10 Å². The van der Waals surface area contributed by atoms with Crippen LogP contribution in [0.4, 0.5) is 11.4 Å². The molecule has 0 unspecified atom stereocenters. The van der Waals surface area contributed by atoms with Gasteiger partial charge in [-0.1, -0.05) is 54.4 Å². The number of ether oxygens (including phenoxy) is 2. The molecule has 0 aromatic heterocycles. The third-order valence-electron chi connectivity index (χ3n) is 5.00. The Hall–Kier alpha value is -4.08. The first-order valence-electron chi connectivity index (χ1n) is 11.1. The fraction of sp³-hybridized carbons (Fsp3) is 0.154. The number of nitrogens with zero attached hydrogens (tertiary/aromatic N) is 1. The van der Waals surface area contributed by atoms with Gasteiger partial charge in [-0.05, 0) is 53.9 Å². The maximum atomic E-state index is 12.3. The molecular formula is C26H24Cl2N4O5. The number of benzene rings is 3. The largest absolute Gasteiger partial charge is 0.493 e. The molecule has 3 rings (SSSR count). The minimum Gasteiger partial charge on any atom is -0.493 e. The van der Waals surface area contributed by atoms with Crippen LogP contribution in [0.1, 0.15) is 18.1 Å². The van der Waals surface area contributed by atoms with Gasteiger partial charge in [-0.2, -0.15) is 5.10 Å². The Bertz CT molecular complexity index is 1330. The summed E-state index contributed by atoms with van der Waals surface area (Å²) >= 11 is 12.0. The summed E-state index contributed by atoms with van der Waals surface area (Å²) in [5.41, 5.74) is 4.58. The van der Waals surface area contributed by atoms with Crippen molar-refractivity contribution in [1.29, 1.82) is 0 Å². The van der Waals surface area contributed by atoms with Crippen molar-refractivity contribution < 1.29 is 23.9 Å². The number of methoxy groups -OCH3 is 1. The zero-order valence-corrected chi connectivity index (χ0v) is 21.5. The van der Waals surface area contributed by atoms with Crippen LogP contribution in [0.2, 0.25) is 10.0 Å². The molecule has 0 bridgehead atoms. The van der Waals surface area contributed by atoms with Crippen LogP contribution >= 0.6 is 23.2 Å². The summed E-state index contributed by atoms with van der Waals surface area (Å²) in [5, 5.41) is 9.56. The van der Waals surface area contributed by atoms with Gasteiger partial charge in [0.2, 0.25) is 0 Å². The summed E-state index contributed by atoms with van der Waals surface area (Å²) in [6, 6.07) is 16.9. The van der Waals surface area contributed by atoms with Crippen LogP contribution in [0, 0.1) is 0 Å². The van der Waals surface area contributed by atoms with E-state index in [1.807, 2.05) is 19.1 Å². The molecule has 3 aromatic rings. The molecule has 0 atom stereocenters. The summed E-state index contributed by atoms with van der Waals surface area (Å²) in [6.07, 6.45) is 2.05. The molecule has 0 saturated heterocycles. The monoisotopic (exact) mass is 542 g/mol. The molecular weight excluding hydrogens is 519 g/mol. The van der Waals surface area contributed by atoms with E-state index in [1.54, 1.807) is 48.5 Å². The molecule has 3 amide bonds. The Kier molecular flexibility index (Phi) is 9.88. The fourth-order valence-electron chi connectivity index (χ4n) is 3.16. The predicted molar refractivity (Wildman–Crippen MR) is 144 cm³/mol. The average Bonchev–Trinajstić information content (AvgIpc) is 2.90. The predicted octanol–water partition coefficient (Wildman–Crippen LogP) is 4.67. The van der Waals surface area contributed by atoms with Crippen LogP contribution < -0.4 is 25.5 Å². The molecule has 0 aliphatic rings. The SMILES string of the molecule is CCc1ccccc1NC(=O)C(=O)N/N=C\c1ccc(OCC(=O)Nc2cccc(Cl)c2Cl)c(OC)c1. The number of para-hydroxylation sites is 1. The standard InChI is InChI=1S/C26H24Cl2N4O5/c1-3-17-7-4-5-9-19(17)31-25(34)26(35)32-29-14-16-11-12-21(22(13-16)36-2)37-15-23(33)30-20-10-6-8-18(27)24(20)28/h4-14H,3,15H2,1-2H3,(H,30,33)(H,31,34)(H,32,35)/b29-14-. The van der Waals surface area contributed by atoms with Crippen molar-refractivity contribution in [3.8, 4) is 11.5 Å². The maximum absolute atomic E-state index is 12.3. The molecule has 192 valence electrons. The zero-order chi connectivity index (χ0) is 26.8. The summed E-state index contributed by atoms with van der Waals surface area (Å²) in [5.74, 6) is -1.56. The van der Waals surface area contributed by atoms with Crippen molar-refractivity contribution in [3.63, 3.8) is 0 Å². The molecule has 0 spiro atoms. The zero-order valence-electron chi connectivity index (χ0n) is 20.0. The first kappa shape index (κ1) is 27.5. The van der Waals surface area contributed by atoms with Crippen molar-refractivity contribution in [3.05, 3.63) is 81.8 Å². The van der Waals surface area contributed by atoms with E-state index in [1.165, 1.54) is 13.3 Å². The highest BCUT2D eigenvalue weighted by Gasteiger charge is 2.15. The average molecular weight is 543 g/mol. The van der Waals surface area contributed by atoms with Gasteiger partial charge in [0, 0.05) is 5.69 Å². The second-order valence-corrected chi connectivity index (χ2v) is 8.30. The molecule has 11 heteroatoms. The number of amides is 3. The number of hydrogen-bond acceptors (Lipinski definition) is 6. The van der Waals surface area contributed by atoms with Gasteiger partial charge in [0.1, 0.15) is 0 Å². The Labute approximate surface area is 223 Å². The van der Waals surface area contributed by atoms with Crippen LogP contribution in [0.3, 0.4) is 0 Å². The Morgan fingerprint density at radius 3 is 2.43 bits per heavy atom. The van der Waals surface area contributed by atoms with Gasteiger partial charge < -0.3 is 20.1 Å². The lowest BCUT2D eigenvalue weighted by molar-refractivity contribution is -0.136. The third-order valence-corrected chi connectivity index (χ3v) is 5.82. The van der Waals surface area contributed by atoms with E-state index >= 15 is 0 Å². The Balaban J connectivity index is 1.55. The van der Waals surface area contributed by atoms with Gasteiger partial charge in [0.15, 0.2) is 18.1 Å². The van der Waals surface area contributed by atoms with E-state index in [2.05, 4.69) is 21.2 Å². The van der Waals surface area contributed by atoms with Crippen LogP contribution in [0.5, 0.6) is 11.5 Å². The molecule has 9 nitrogen and oxygen atoms in total. The number of carbonyl (C=O) groups is 3. The first-order chi connectivity index (χ1) is 17.8. The number of nitrogens with one attached hydrogen (secondary N) is 3. The van der Waals surface area contributed by atoms with Gasteiger partial charge in [0.25, 0.3) is 5.91 Å². The molecule has 0 saturated carbocycles. The highest BCUT2D eigenvalue weighted by Crippen LogP contribution is 2.30. The van der Waals surface area contributed by atoms with Crippen molar-refractivity contribution in [2.45, 2.75) is 13.3 Å². The van der Waals surface area contributed by atoms with Crippen LogP contribution in [-0.2, 0) is 20.8 Å². The number of carbonyl (C=O) groups excluding carboxylic acids is 3. The molecule has 0 heterocycles. The number of hydrazone groups is 1. The van der Waals surface area contributed by atoms with Crippen LogP contribution in [-0.4, -0.2) is 37.7 Å². The van der Waals surface area contributed by atoms with Gasteiger partial charge >= 0.3 is 11.8 Å². The molecule has 37 heavy (non-hydrogen) atoms. The van der Waals surface area contributed by atoms with Crippen molar-refractivity contribution in [1.82, 2.24) is 5.43 Å². The van der Waals surface area contributed by atoms with E-state index in [-0.39, 0.29) is 11.6 Å². The van der Waals surface area contributed by atoms with Gasteiger partial charge in [-0.15, -0.1) is 0 Å². The second kappa shape index (κ2) is 13.3. The van der Waals surface area contributed by atoms with Gasteiger partial charge in [-0.25, -0.2) is 5.43 Å². The second-order valence-electron chi connectivity index (χ2n) is 7.51. The third kappa shape index (κ3) is 7.70. The quantitative estimate of drug-likeness (QED) is 0.206. The van der Waals surface area contributed by atoms with Crippen LogP contribution in [0.15, 0.2) is 65.8 Å². The highest BCUT2D eigenvalue weighted by molar-refractivity contribution is 6.44. The maximum Gasteiger partial charge on any atom is 0.329 e. The van der Waals surface area contributed by atoms with Crippen LogP contribution in [0.25, 0.3) is 0 Å². The normalized spacial score (nSPS) is 10.6.